The number of aromatic amines is 2. The summed E-state index contributed by atoms with van der Waals surface area (Å²) in [6, 6.07) is 6.11. The predicted molar refractivity (Wildman–Crippen MR) is 271 cm³/mol. The molecule has 0 aliphatic heterocycles. The van der Waals surface area contributed by atoms with Crippen LogP contribution in [-0.2, 0) is 62.4 Å². The van der Waals surface area contributed by atoms with Crippen molar-refractivity contribution in [3.63, 3.8) is 0 Å². The van der Waals surface area contributed by atoms with Crippen LogP contribution in [0.15, 0.2) is 78.3 Å². The van der Waals surface area contributed by atoms with Crippen LogP contribution in [0.1, 0.15) is 82.0 Å². The number of H-pyrrole nitrogens is 2. The molecule has 25 heteroatoms. The molecule has 2 heterocycles. The molecule has 0 aliphatic rings. The van der Waals surface area contributed by atoms with Crippen molar-refractivity contribution < 1.29 is 53.4 Å². The van der Waals surface area contributed by atoms with Gasteiger partial charge in [0.2, 0.25) is 41.4 Å². The van der Waals surface area contributed by atoms with Crippen LogP contribution in [0.2, 0.25) is 0 Å². The second kappa shape index (κ2) is 29.9. The molecule has 0 unspecified atom stereocenters. The van der Waals surface area contributed by atoms with Crippen LogP contribution >= 0.6 is 0 Å². The van der Waals surface area contributed by atoms with Crippen LogP contribution in [-0.4, -0.2) is 140 Å². The number of nitrogens with two attached hydrogens (primary N) is 3. The van der Waals surface area contributed by atoms with Gasteiger partial charge >= 0.3 is 11.9 Å². The molecule has 4 rings (SSSR count). The largest absolute Gasteiger partial charge is 0.481 e. The number of hydrogen-bond acceptors (Lipinski definition) is 12. The molecule has 2 aromatic heterocycles. The number of imidazole rings is 1. The Balaban J connectivity index is 1.68. The van der Waals surface area contributed by atoms with Crippen LogP contribution in [0.3, 0.4) is 0 Å². The van der Waals surface area contributed by atoms with Gasteiger partial charge in [-0.3, -0.25) is 43.3 Å². The van der Waals surface area contributed by atoms with E-state index in [1.165, 1.54) is 19.4 Å². The summed E-state index contributed by atoms with van der Waals surface area (Å²) in [5.74, 6) is -8.50. The molecule has 0 saturated carbocycles. The molecule has 7 atom stereocenters. The number of nitrogens with one attached hydrogen (secondary N) is 9. The van der Waals surface area contributed by atoms with Crippen molar-refractivity contribution in [2.45, 2.75) is 127 Å². The van der Waals surface area contributed by atoms with Gasteiger partial charge in [0.25, 0.3) is 0 Å². The molecule has 0 aliphatic carbocycles. The van der Waals surface area contributed by atoms with Crippen LogP contribution in [0.5, 0.6) is 0 Å². The number of aromatic nitrogens is 3. The first kappa shape index (κ1) is 58.2. The standard InChI is InChI=1S/C49H68N14O11/c1-3-4-14-34(57-28(2)64)42(67)59-36(17-18-41(65)66)44(69)63-40(24-31-26-53-27-56-31)47(72)61-38(22-29-11-6-5-7-12-29)45(70)58-35(16-10-21-54-49(51)52)43(68)62-39(46(71)60-37(19-20-50)48(73)74)23-30-25-55-33-15-9-8-13-32(30)33/h5-9,11-13,15,25-27,34-40,55H,3-4,10,14,16-24,50H2,1-2H3,(H,53,56)(H,57,64)(H,58,70)(H,59,67)(H,60,71)(H,61,72)(H,62,68)(H,63,69)(H,65,66)(H,73,74)(H4,51,52,54)/t34-,35-,36-,37-,38+,39-,40-/m0/s1. The SMILES string of the molecule is CCCC[C@H](NC(C)=O)C(=O)N[C@@H](CCC(=O)O)C(=O)N[C@@H](Cc1cnc[nH]1)C(=O)N[C@H](Cc1ccccc1)C(=O)N[C@@H](CCCN=C(N)N)C(=O)N[C@@H](Cc1c[nH]c2ccccc12)C(=O)N[C@@H](CCN)C(=O)O. The van der Waals surface area contributed by atoms with Crippen molar-refractivity contribution in [2.75, 3.05) is 13.1 Å². The van der Waals surface area contributed by atoms with Crippen molar-refractivity contribution in [3.8, 4) is 0 Å². The van der Waals surface area contributed by atoms with Crippen LogP contribution in [0.4, 0.5) is 0 Å². The number of unbranched alkanes of at least 4 members (excludes halogenated alkanes) is 1. The van der Waals surface area contributed by atoms with Gasteiger partial charge in [0.15, 0.2) is 5.96 Å². The minimum absolute atomic E-state index is 0.0281. The van der Waals surface area contributed by atoms with Gasteiger partial charge < -0.3 is 74.6 Å². The highest BCUT2D eigenvalue weighted by atomic mass is 16.4. The van der Waals surface area contributed by atoms with Crippen molar-refractivity contribution in [1.82, 2.24) is 52.2 Å². The van der Waals surface area contributed by atoms with Crippen molar-refractivity contribution >= 4 is 70.2 Å². The van der Waals surface area contributed by atoms with Gasteiger partial charge in [0.05, 0.1) is 6.33 Å². The van der Waals surface area contributed by atoms with Crippen molar-refractivity contribution in [2.24, 2.45) is 22.2 Å². The van der Waals surface area contributed by atoms with Crippen LogP contribution in [0.25, 0.3) is 10.9 Å². The first-order valence-corrected chi connectivity index (χ1v) is 24.2. The zero-order valence-corrected chi connectivity index (χ0v) is 41.4. The Hall–Kier alpha value is -8.35. The maximum absolute atomic E-state index is 14.6. The summed E-state index contributed by atoms with van der Waals surface area (Å²) in [6.45, 7) is 3.07. The van der Waals surface area contributed by atoms with E-state index in [1.54, 1.807) is 48.7 Å². The number of carbonyl (C=O) groups is 9. The van der Waals surface area contributed by atoms with Gasteiger partial charge in [-0.1, -0.05) is 68.3 Å². The minimum atomic E-state index is -1.49. The second-order valence-corrected chi connectivity index (χ2v) is 17.6. The Morgan fingerprint density at radius 3 is 1.70 bits per heavy atom. The number of para-hydroxylation sites is 1. The number of carboxylic acid groups (broad SMARTS) is 2. The highest BCUT2D eigenvalue weighted by molar-refractivity contribution is 5.98. The molecule has 0 bridgehead atoms. The predicted octanol–water partition coefficient (Wildman–Crippen LogP) is -1.13. The van der Waals surface area contributed by atoms with E-state index in [-0.39, 0.29) is 64.0 Å². The third kappa shape index (κ3) is 19.3. The number of amides is 7. The molecular weight excluding hydrogens is 961 g/mol. The topological polar surface area (TPSA) is 413 Å². The normalized spacial score (nSPS) is 13.8. The Kier molecular flexibility index (Phi) is 23.5. The third-order valence-electron chi connectivity index (χ3n) is 11.7. The molecule has 0 saturated heterocycles. The molecule has 0 spiro atoms. The lowest BCUT2D eigenvalue weighted by molar-refractivity contribution is -0.142. The highest BCUT2D eigenvalue weighted by Gasteiger charge is 2.35. The summed E-state index contributed by atoms with van der Waals surface area (Å²) < 4.78 is 0. The van der Waals surface area contributed by atoms with E-state index in [2.05, 4.69) is 57.2 Å². The first-order chi connectivity index (χ1) is 35.4. The Labute approximate surface area is 426 Å². The fourth-order valence-corrected chi connectivity index (χ4v) is 7.90. The number of carbonyl (C=O) groups excluding carboxylic acids is 7. The quantitative estimate of drug-likeness (QED) is 0.0156. The molecule has 7 amide bonds. The van der Waals surface area contributed by atoms with Gasteiger partial charge in [-0.15, -0.1) is 0 Å². The molecule has 17 N–H and O–H groups in total. The fourth-order valence-electron chi connectivity index (χ4n) is 7.90. The fraction of sp³-hybridized carbons (Fsp3) is 0.449. The maximum Gasteiger partial charge on any atom is 0.326 e. The number of benzene rings is 2. The summed E-state index contributed by atoms with van der Waals surface area (Å²) in [5.41, 5.74) is 19.0. The average Bonchev–Trinajstić information content (AvgIpc) is 4.04. The number of carboxylic acids is 2. The molecule has 4 aromatic rings. The van der Waals surface area contributed by atoms with E-state index in [0.717, 1.165) is 10.9 Å². The number of nitrogens with zero attached hydrogens (tertiary/aromatic N) is 2. The van der Waals surface area contributed by atoms with Gasteiger partial charge in [0, 0.05) is 68.1 Å². The van der Waals surface area contributed by atoms with Crippen molar-refractivity contribution in [1.29, 1.82) is 0 Å². The number of aliphatic imine (C=N–C) groups is 1. The second-order valence-electron chi connectivity index (χ2n) is 17.6. The Morgan fingerprint density at radius 2 is 1.15 bits per heavy atom. The number of aliphatic carboxylic acids is 2. The number of rotatable bonds is 32. The monoisotopic (exact) mass is 1030 g/mol. The van der Waals surface area contributed by atoms with E-state index in [0.29, 0.717) is 29.7 Å². The molecule has 25 nitrogen and oxygen atoms in total. The van der Waals surface area contributed by atoms with Crippen molar-refractivity contribution in [3.05, 3.63) is 90.1 Å². The first-order valence-electron chi connectivity index (χ1n) is 24.2. The highest BCUT2D eigenvalue weighted by Crippen LogP contribution is 2.20. The molecule has 0 fully saturated rings. The van der Waals surface area contributed by atoms with Crippen LogP contribution < -0.4 is 54.4 Å². The Bertz CT molecular complexity index is 2550. The number of hydrogen-bond donors (Lipinski definition) is 14. The number of guanidine groups is 1. The summed E-state index contributed by atoms with van der Waals surface area (Å²) in [6.07, 6.45) is 4.33. The van der Waals surface area contributed by atoms with E-state index in [1.807, 2.05) is 19.1 Å². The molecular formula is C49H68N14O11. The Morgan fingerprint density at radius 1 is 0.622 bits per heavy atom. The molecule has 0 radical (unpaired) electrons. The summed E-state index contributed by atoms with van der Waals surface area (Å²) in [7, 11) is 0. The van der Waals surface area contributed by atoms with Gasteiger partial charge in [-0.25, -0.2) is 9.78 Å². The lowest BCUT2D eigenvalue weighted by Gasteiger charge is -2.28. The smallest absolute Gasteiger partial charge is 0.326 e. The lowest BCUT2D eigenvalue weighted by atomic mass is 10.0. The molecule has 74 heavy (non-hydrogen) atoms. The number of fused-ring (bicyclic) bond motifs is 1. The maximum atomic E-state index is 14.6. The van der Waals surface area contributed by atoms with Gasteiger partial charge in [-0.05, 0) is 55.8 Å². The lowest BCUT2D eigenvalue weighted by Crippen LogP contribution is -2.60. The zero-order valence-electron chi connectivity index (χ0n) is 41.4. The summed E-state index contributed by atoms with van der Waals surface area (Å²) in [5, 5.41) is 38.4. The molecule has 2 aromatic carbocycles. The minimum Gasteiger partial charge on any atom is -0.481 e. The van der Waals surface area contributed by atoms with Crippen LogP contribution in [0, 0.1) is 0 Å². The van der Waals surface area contributed by atoms with Gasteiger partial charge in [-0.2, -0.15) is 0 Å². The summed E-state index contributed by atoms with van der Waals surface area (Å²) in [4.78, 5) is 135. The molecule has 400 valence electrons. The van der Waals surface area contributed by atoms with E-state index in [9.17, 15) is 53.4 Å². The van der Waals surface area contributed by atoms with E-state index >= 15 is 0 Å². The van der Waals surface area contributed by atoms with Gasteiger partial charge in [0.1, 0.15) is 42.3 Å². The summed E-state index contributed by atoms with van der Waals surface area (Å²) >= 11 is 0. The third-order valence-corrected chi connectivity index (χ3v) is 11.7. The van der Waals surface area contributed by atoms with E-state index < -0.39 is 108 Å². The average molecular weight is 1030 g/mol. The zero-order chi connectivity index (χ0) is 54.2. The van der Waals surface area contributed by atoms with E-state index in [4.69, 9.17) is 17.2 Å².